The minimum atomic E-state index is -0.208. The highest BCUT2D eigenvalue weighted by Crippen LogP contribution is 2.22. The van der Waals surface area contributed by atoms with Gasteiger partial charge in [-0.1, -0.05) is 42.3 Å². The van der Waals surface area contributed by atoms with Gasteiger partial charge in [0, 0.05) is 30.5 Å². The molecule has 3 nitrogen and oxygen atoms in total. The molecule has 0 atom stereocenters. The van der Waals surface area contributed by atoms with E-state index in [4.69, 9.17) is 15.6 Å². The minimum Gasteiger partial charge on any atom is -0.461 e. The van der Waals surface area contributed by atoms with Crippen molar-refractivity contribution in [2.45, 2.75) is 26.0 Å². The van der Waals surface area contributed by atoms with Crippen LogP contribution in [-0.2, 0) is 30.7 Å². The van der Waals surface area contributed by atoms with E-state index in [1.165, 1.54) is 17.7 Å². The van der Waals surface area contributed by atoms with Crippen LogP contribution in [0.15, 0.2) is 77.2 Å². The van der Waals surface area contributed by atoms with Crippen molar-refractivity contribution in [2.75, 3.05) is 13.2 Å². The van der Waals surface area contributed by atoms with Gasteiger partial charge in [0.1, 0.15) is 17.2 Å². The molecule has 3 aromatic carbocycles. The van der Waals surface area contributed by atoms with Gasteiger partial charge in [-0.05, 0) is 59.5 Å². The van der Waals surface area contributed by atoms with Gasteiger partial charge < -0.3 is 14.5 Å². The van der Waals surface area contributed by atoms with Crippen molar-refractivity contribution < 1.29 is 13.5 Å². The Morgan fingerprint density at radius 2 is 1.62 bits per heavy atom. The van der Waals surface area contributed by atoms with Crippen molar-refractivity contribution in [2.24, 2.45) is 0 Å². The lowest BCUT2D eigenvalue weighted by Crippen LogP contribution is -2.19. The van der Waals surface area contributed by atoms with Crippen LogP contribution in [0.2, 0.25) is 0 Å². The molecule has 0 bridgehead atoms. The summed E-state index contributed by atoms with van der Waals surface area (Å²) >= 11 is 0. The molecule has 4 aromatic rings. The average Bonchev–Trinajstić information content (AvgIpc) is 3.23. The fraction of sp³-hybridized carbons (Fsp3) is 0.214. The van der Waals surface area contributed by atoms with Gasteiger partial charge in [0.15, 0.2) is 0 Å². The summed E-state index contributed by atoms with van der Waals surface area (Å²) in [5.41, 5.74) is 5.15. The second kappa shape index (κ2) is 10.8. The molecule has 0 aliphatic rings. The molecular formula is C28H26FNO2. The maximum Gasteiger partial charge on any atom is 0.134 e. The summed E-state index contributed by atoms with van der Waals surface area (Å²) in [5, 5.41) is 4.50. The average molecular weight is 428 g/mol. The van der Waals surface area contributed by atoms with Gasteiger partial charge in [-0.25, -0.2) is 4.39 Å². The third kappa shape index (κ3) is 6.07. The molecule has 0 spiro atoms. The Morgan fingerprint density at radius 3 is 2.41 bits per heavy atom. The van der Waals surface area contributed by atoms with Crippen molar-refractivity contribution in [3.63, 3.8) is 0 Å². The van der Waals surface area contributed by atoms with E-state index < -0.39 is 0 Å². The number of rotatable bonds is 10. The molecule has 1 heterocycles. The highest BCUT2D eigenvalue weighted by Gasteiger charge is 2.06. The van der Waals surface area contributed by atoms with Crippen LogP contribution < -0.4 is 5.32 Å². The normalized spacial score (nSPS) is 11.0. The number of terminal acetylenes is 1. The topological polar surface area (TPSA) is 34.4 Å². The van der Waals surface area contributed by atoms with Crippen molar-refractivity contribution in [3.05, 3.63) is 107 Å². The predicted octanol–water partition coefficient (Wildman–Crippen LogP) is 5.64. The van der Waals surface area contributed by atoms with E-state index in [1.54, 1.807) is 0 Å². The molecule has 4 heteroatoms. The van der Waals surface area contributed by atoms with E-state index >= 15 is 0 Å². The first-order valence-corrected chi connectivity index (χ1v) is 10.8. The molecule has 162 valence electrons. The van der Waals surface area contributed by atoms with Gasteiger partial charge in [-0.2, -0.15) is 0 Å². The van der Waals surface area contributed by atoms with E-state index in [0.717, 1.165) is 59.4 Å². The summed E-state index contributed by atoms with van der Waals surface area (Å²) in [5.74, 6) is 3.35. The van der Waals surface area contributed by atoms with E-state index in [9.17, 15) is 4.39 Å². The van der Waals surface area contributed by atoms with Crippen molar-refractivity contribution in [3.8, 4) is 12.3 Å². The predicted molar refractivity (Wildman–Crippen MR) is 126 cm³/mol. The molecule has 0 aliphatic carbocycles. The smallest absolute Gasteiger partial charge is 0.134 e. The zero-order chi connectivity index (χ0) is 22.2. The number of nitrogens with one attached hydrogen (secondary N) is 1. The number of fused-ring (bicyclic) bond motifs is 1. The Hall–Kier alpha value is -3.39. The quantitative estimate of drug-likeness (QED) is 0.263. The van der Waals surface area contributed by atoms with Crippen LogP contribution >= 0.6 is 0 Å². The molecule has 4 rings (SSSR count). The van der Waals surface area contributed by atoms with Crippen LogP contribution in [0.3, 0.4) is 0 Å². The van der Waals surface area contributed by atoms with Crippen LogP contribution in [0.5, 0.6) is 0 Å². The number of benzene rings is 3. The molecular weight excluding hydrogens is 401 g/mol. The van der Waals surface area contributed by atoms with Crippen molar-refractivity contribution >= 4 is 11.0 Å². The van der Waals surface area contributed by atoms with Crippen LogP contribution in [0.25, 0.3) is 11.0 Å². The summed E-state index contributed by atoms with van der Waals surface area (Å²) in [6.45, 7) is 2.72. The zero-order valence-corrected chi connectivity index (χ0v) is 17.9. The van der Waals surface area contributed by atoms with E-state index in [-0.39, 0.29) is 5.82 Å². The molecule has 0 saturated carbocycles. The molecule has 0 fully saturated rings. The van der Waals surface area contributed by atoms with E-state index in [0.29, 0.717) is 13.2 Å². The van der Waals surface area contributed by atoms with Crippen LogP contribution in [-0.4, -0.2) is 13.2 Å². The summed E-state index contributed by atoms with van der Waals surface area (Å²) < 4.78 is 24.8. The Balaban J connectivity index is 1.20. The number of ether oxygens (including phenoxy) is 1. The maximum absolute atomic E-state index is 13.0. The lowest BCUT2D eigenvalue weighted by atomic mass is 10.1. The molecule has 0 saturated heterocycles. The Labute approximate surface area is 188 Å². The SMILES string of the molecule is C#Cc1ccc(COCCNCc2ccc3cc(CCc4ccc(F)cc4)oc3c2)cc1. The number of hydrogen-bond acceptors (Lipinski definition) is 3. The second-order valence-electron chi connectivity index (χ2n) is 7.78. The summed E-state index contributed by atoms with van der Waals surface area (Å²) in [4.78, 5) is 0. The molecule has 0 amide bonds. The fourth-order valence-electron chi connectivity index (χ4n) is 3.55. The largest absolute Gasteiger partial charge is 0.461 e. The standard InChI is InChI=1S/C28H26FNO2/c1-2-21-3-5-23(6-4-21)20-31-16-15-30-19-24-7-11-25-18-27(32-28(25)17-24)14-10-22-8-12-26(29)13-9-22/h1,3-9,11-13,17-18,30H,10,14-16,19-20H2. The molecule has 32 heavy (non-hydrogen) atoms. The molecule has 0 aliphatic heterocycles. The first-order valence-electron chi connectivity index (χ1n) is 10.8. The number of furan rings is 1. The summed E-state index contributed by atoms with van der Waals surface area (Å²) in [7, 11) is 0. The monoisotopic (exact) mass is 427 g/mol. The van der Waals surface area contributed by atoms with Gasteiger partial charge in [0.2, 0.25) is 0 Å². The first-order chi connectivity index (χ1) is 15.7. The molecule has 0 radical (unpaired) electrons. The third-order valence-corrected chi connectivity index (χ3v) is 5.35. The van der Waals surface area contributed by atoms with Crippen LogP contribution in [0, 0.1) is 18.2 Å². The number of halogens is 1. The van der Waals surface area contributed by atoms with Gasteiger partial charge in [-0.15, -0.1) is 6.42 Å². The zero-order valence-electron chi connectivity index (χ0n) is 17.9. The summed E-state index contributed by atoms with van der Waals surface area (Å²) in [6, 6.07) is 22.8. The molecule has 0 unspecified atom stereocenters. The number of aryl methyl sites for hydroxylation is 2. The van der Waals surface area contributed by atoms with Crippen molar-refractivity contribution in [1.82, 2.24) is 5.32 Å². The van der Waals surface area contributed by atoms with Crippen molar-refractivity contribution in [1.29, 1.82) is 0 Å². The highest BCUT2D eigenvalue weighted by atomic mass is 19.1. The van der Waals surface area contributed by atoms with E-state index in [1.807, 2.05) is 36.4 Å². The third-order valence-electron chi connectivity index (χ3n) is 5.35. The fourth-order valence-corrected chi connectivity index (χ4v) is 3.55. The number of hydrogen-bond donors (Lipinski definition) is 1. The lowest BCUT2D eigenvalue weighted by molar-refractivity contribution is 0.122. The maximum atomic E-state index is 13.0. The van der Waals surface area contributed by atoms with Crippen LogP contribution in [0.4, 0.5) is 4.39 Å². The molecule has 1 aromatic heterocycles. The Bertz CT molecular complexity index is 1190. The van der Waals surface area contributed by atoms with Gasteiger partial charge in [0.25, 0.3) is 0 Å². The van der Waals surface area contributed by atoms with Gasteiger partial charge in [-0.3, -0.25) is 0 Å². The van der Waals surface area contributed by atoms with E-state index in [2.05, 4.69) is 35.5 Å². The van der Waals surface area contributed by atoms with Crippen LogP contribution in [0.1, 0.15) is 28.0 Å². The second-order valence-corrected chi connectivity index (χ2v) is 7.78. The van der Waals surface area contributed by atoms with Gasteiger partial charge >= 0.3 is 0 Å². The highest BCUT2D eigenvalue weighted by molar-refractivity contribution is 5.78. The Morgan fingerprint density at radius 1 is 0.875 bits per heavy atom. The van der Waals surface area contributed by atoms with Gasteiger partial charge in [0.05, 0.1) is 13.2 Å². The molecule has 1 N–H and O–H groups in total. The Kier molecular flexibility index (Phi) is 7.34. The first kappa shape index (κ1) is 21.8. The summed E-state index contributed by atoms with van der Waals surface area (Å²) in [6.07, 6.45) is 6.98. The minimum absolute atomic E-state index is 0.208. The lowest BCUT2D eigenvalue weighted by Gasteiger charge is -2.07.